The first-order valence-electron chi connectivity index (χ1n) is 4.76. The summed E-state index contributed by atoms with van der Waals surface area (Å²) < 4.78 is 23.7. The third-order valence-corrected chi connectivity index (χ3v) is 4.26. The van der Waals surface area contributed by atoms with E-state index in [9.17, 15) is 8.42 Å². The second-order valence-electron chi connectivity index (χ2n) is 3.86. The van der Waals surface area contributed by atoms with Gasteiger partial charge in [-0.2, -0.15) is 0 Å². The van der Waals surface area contributed by atoms with E-state index in [1.807, 2.05) is 12.1 Å². The fourth-order valence-electron chi connectivity index (χ4n) is 1.90. The Bertz CT molecular complexity index is 542. The highest BCUT2D eigenvalue weighted by molar-refractivity contribution is 7.95. The molecule has 0 aromatic heterocycles. The minimum Gasteiger partial charge on any atom is -0.324 e. The number of benzene rings is 1. The van der Waals surface area contributed by atoms with Crippen molar-refractivity contribution >= 4 is 15.4 Å². The summed E-state index contributed by atoms with van der Waals surface area (Å²) in [5, 5.41) is 1.29. The quantitative estimate of drug-likeness (QED) is 0.784. The van der Waals surface area contributed by atoms with Crippen LogP contribution in [0.15, 0.2) is 28.5 Å². The molecule has 4 heteroatoms. The van der Waals surface area contributed by atoms with E-state index in [1.165, 1.54) is 5.41 Å². The minimum atomic E-state index is -3.27. The second kappa shape index (κ2) is 3.18. The van der Waals surface area contributed by atoms with Crippen LogP contribution in [0.25, 0.3) is 5.57 Å². The van der Waals surface area contributed by atoms with Crippen LogP contribution in [0.2, 0.25) is 0 Å². The van der Waals surface area contributed by atoms with Gasteiger partial charge in [-0.15, -0.1) is 0 Å². The smallest absolute Gasteiger partial charge is 0.201 e. The van der Waals surface area contributed by atoms with Gasteiger partial charge in [-0.3, -0.25) is 0 Å². The topological polar surface area (TPSA) is 60.2 Å². The van der Waals surface area contributed by atoms with E-state index in [1.54, 1.807) is 19.9 Å². The van der Waals surface area contributed by atoms with Gasteiger partial charge < -0.3 is 5.73 Å². The van der Waals surface area contributed by atoms with Gasteiger partial charge in [0, 0.05) is 11.4 Å². The fourth-order valence-corrected chi connectivity index (χ4v) is 3.70. The Kier molecular flexibility index (Phi) is 2.20. The Labute approximate surface area is 89.5 Å². The Morgan fingerprint density at radius 3 is 2.60 bits per heavy atom. The highest BCUT2D eigenvalue weighted by atomic mass is 32.2. The SMILES string of the molecule is Cc1cccc2c1S(=O)(=O)C=C2C(C)N. The van der Waals surface area contributed by atoms with Crippen LogP contribution < -0.4 is 5.73 Å². The zero-order valence-electron chi connectivity index (χ0n) is 8.69. The normalized spacial score (nSPS) is 19.5. The minimum absolute atomic E-state index is 0.261. The van der Waals surface area contributed by atoms with Gasteiger partial charge >= 0.3 is 0 Å². The molecule has 0 radical (unpaired) electrons. The first-order valence-corrected chi connectivity index (χ1v) is 6.30. The number of nitrogens with two attached hydrogens (primary N) is 1. The average Bonchev–Trinajstić information content (AvgIpc) is 2.39. The highest BCUT2D eigenvalue weighted by Gasteiger charge is 2.29. The van der Waals surface area contributed by atoms with E-state index in [0.29, 0.717) is 10.5 Å². The zero-order valence-corrected chi connectivity index (χ0v) is 9.51. The number of hydrogen-bond donors (Lipinski definition) is 1. The first-order chi connectivity index (χ1) is 6.93. The van der Waals surface area contributed by atoms with Crippen molar-refractivity contribution in [1.82, 2.24) is 0 Å². The largest absolute Gasteiger partial charge is 0.324 e. The average molecular weight is 223 g/mol. The molecule has 2 rings (SSSR count). The number of aryl methyl sites for hydroxylation is 1. The van der Waals surface area contributed by atoms with Crippen molar-refractivity contribution in [2.75, 3.05) is 0 Å². The molecule has 1 unspecified atom stereocenters. The maximum absolute atomic E-state index is 11.9. The van der Waals surface area contributed by atoms with Crippen molar-refractivity contribution in [3.63, 3.8) is 0 Å². The molecule has 1 aliphatic heterocycles. The molecule has 0 saturated carbocycles. The third-order valence-electron chi connectivity index (χ3n) is 2.58. The van der Waals surface area contributed by atoms with Crippen molar-refractivity contribution in [2.45, 2.75) is 24.8 Å². The van der Waals surface area contributed by atoms with Gasteiger partial charge in [0.05, 0.1) is 4.90 Å². The Balaban J connectivity index is 2.79. The molecule has 1 aliphatic rings. The zero-order chi connectivity index (χ0) is 11.2. The lowest BCUT2D eigenvalue weighted by molar-refractivity contribution is 0.605. The molecule has 0 amide bonds. The monoisotopic (exact) mass is 223 g/mol. The third kappa shape index (κ3) is 1.50. The molecular formula is C11H13NO2S. The lowest BCUT2D eigenvalue weighted by Gasteiger charge is -2.08. The summed E-state index contributed by atoms with van der Waals surface area (Å²) in [6.07, 6.45) is 0. The van der Waals surface area contributed by atoms with Crippen LogP contribution in [0.3, 0.4) is 0 Å². The number of sulfone groups is 1. The summed E-state index contributed by atoms with van der Waals surface area (Å²) in [6.45, 7) is 3.59. The van der Waals surface area contributed by atoms with E-state index >= 15 is 0 Å². The fraction of sp³-hybridized carbons (Fsp3) is 0.273. The maximum Gasteiger partial charge on any atom is 0.201 e. The molecule has 3 nitrogen and oxygen atoms in total. The van der Waals surface area contributed by atoms with Crippen molar-refractivity contribution in [2.24, 2.45) is 5.73 Å². The molecule has 1 aromatic rings. The first kappa shape index (κ1) is 10.4. The van der Waals surface area contributed by atoms with Crippen LogP contribution in [0.4, 0.5) is 0 Å². The molecular weight excluding hydrogens is 210 g/mol. The van der Waals surface area contributed by atoms with Crippen LogP contribution in [0, 0.1) is 6.92 Å². The van der Waals surface area contributed by atoms with Gasteiger partial charge in [-0.25, -0.2) is 8.42 Å². The second-order valence-corrected chi connectivity index (χ2v) is 5.59. The van der Waals surface area contributed by atoms with E-state index in [4.69, 9.17) is 5.73 Å². The van der Waals surface area contributed by atoms with Crippen LogP contribution in [0.5, 0.6) is 0 Å². The Hall–Kier alpha value is -1.13. The van der Waals surface area contributed by atoms with E-state index in [-0.39, 0.29) is 6.04 Å². The summed E-state index contributed by atoms with van der Waals surface area (Å²) in [5.74, 6) is 0. The lowest BCUT2D eigenvalue weighted by atomic mass is 10.0. The molecule has 1 aromatic carbocycles. The maximum atomic E-state index is 11.9. The Morgan fingerprint density at radius 2 is 2.00 bits per heavy atom. The summed E-state index contributed by atoms with van der Waals surface area (Å²) in [6, 6.07) is 5.20. The van der Waals surface area contributed by atoms with Crippen molar-refractivity contribution in [3.8, 4) is 0 Å². The van der Waals surface area contributed by atoms with Crippen LogP contribution in [-0.2, 0) is 9.84 Å². The molecule has 0 bridgehead atoms. The predicted molar refractivity (Wildman–Crippen MR) is 60.0 cm³/mol. The lowest BCUT2D eigenvalue weighted by Crippen LogP contribution is -2.16. The van der Waals surface area contributed by atoms with Gasteiger partial charge in [-0.05, 0) is 30.5 Å². The summed E-state index contributed by atoms with van der Waals surface area (Å²) in [4.78, 5) is 0.414. The van der Waals surface area contributed by atoms with Gasteiger partial charge in [0.25, 0.3) is 0 Å². The van der Waals surface area contributed by atoms with Crippen molar-refractivity contribution < 1.29 is 8.42 Å². The number of hydrogen-bond acceptors (Lipinski definition) is 3. The van der Waals surface area contributed by atoms with Crippen molar-refractivity contribution in [1.29, 1.82) is 0 Å². The van der Waals surface area contributed by atoms with Gasteiger partial charge in [-0.1, -0.05) is 18.2 Å². The summed E-state index contributed by atoms with van der Waals surface area (Å²) >= 11 is 0. The predicted octanol–water partition coefficient (Wildman–Crippen LogP) is 1.47. The summed E-state index contributed by atoms with van der Waals surface area (Å²) in [7, 11) is -3.27. The van der Waals surface area contributed by atoms with E-state index in [2.05, 4.69) is 0 Å². The standard InChI is InChI=1S/C11H13NO2S/c1-7-4-3-5-9-10(8(2)12)6-15(13,14)11(7)9/h3-6,8H,12H2,1-2H3. The van der Waals surface area contributed by atoms with Gasteiger partial charge in [0.15, 0.2) is 0 Å². The Morgan fingerprint density at radius 1 is 1.33 bits per heavy atom. The molecule has 80 valence electrons. The van der Waals surface area contributed by atoms with Gasteiger partial charge in [0.2, 0.25) is 9.84 Å². The molecule has 0 saturated heterocycles. The molecule has 1 heterocycles. The number of fused-ring (bicyclic) bond motifs is 1. The van der Waals surface area contributed by atoms with E-state index < -0.39 is 9.84 Å². The van der Waals surface area contributed by atoms with Crippen LogP contribution in [0.1, 0.15) is 18.1 Å². The van der Waals surface area contributed by atoms with Crippen LogP contribution >= 0.6 is 0 Å². The molecule has 0 spiro atoms. The molecule has 2 N–H and O–H groups in total. The van der Waals surface area contributed by atoms with E-state index in [0.717, 1.165) is 11.1 Å². The molecule has 1 atom stereocenters. The van der Waals surface area contributed by atoms with Crippen molar-refractivity contribution in [3.05, 3.63) is 34.7 Å². The molecule has 0 fully saturated rings. The van der Waals surface area contributed by atoms with Gasteiger partial charge in [0.1, 0.15) is 0 Å². The molecule has 0 aliphatic carbocycles. The van der Waals surface area contributed by atoms with Crippen LogP contribution in [-0.4, -0.2) is 14.5 Å². The number of rotatable bonds is 1. The molecule has 15 heavy (non-hydrogen) atoms. The summed E-state index contributed by atoms with van der Waals surface area (Å²) in [5.41, 5.74) is 7.99. The highest BCUT2D eigenvalue weighted by Crippen LogP contribution is 2.36.